The topological polar surface area (TPSA) is 58.2 Å². The third-order valence-corrected chi connectivity index (χ3v) is 5.75. The normalized spacial score (nSPS) is 14.2. The molecule has 0 saturated carbocycles. The fraction of sp³-hybridized carbons (Fsp3) is 0.0435. The predicted octanol–water partition coefficient (Wildman–Crippen LogP) is 5.36. The zero-order chi connectivity index (χ0) is 20.2. The van der Waals surface area contributed by atoms with E-state index in [1.54, 1.807) is 24.3 Å². The summed E-state index contributed by atoms with van der Waals surface area (Å²) in [6.45, 7) is 0.401. The van der Waals surface area contributed by atoms with Crippen molar-refractivity contribution in [3.8, 4) is 0 Å². The van der Waals surface area contributed by atoms with Crippen molar-refractivity contribution in [1.82, 2.24) is 5.32 Å². The lowest BCUT2D eigenvalue weighted by molar-refractivity contribution is -0.112. The first-order chi connectivity index (χ1) is 14.1. The Labute approximate surface area is 178 Å². The van der Waals surface area contributed by atoms with Crippen LogP contribution in [0.3, 0.4) is 0 Å². The van der Waals surface area contributed by atoms with Gasteiger partial charge in [-0.3, -0.25) is 9.59 Å². The van der Waals surface area contributed by atoms with Gasteiger partial charge in [-0.05, 0) is 47.5 Å². The minimum Gasteiger partial charge on any atom is -0.348 e. The van der Waals surface area contributed by atoms with Gasteiger partial charge >= 0.3 is 0 Å². The molecule has 29 heavy (non-hydrogen) atoms. The maximum Gasteiger partial charge on any atom is 0.262 e. The highest BCUT2D eigenvalue weighted by Gasteiger charge is 2.22. The monoisotopic (exact) mass is 420 g/mol. The van der Waals surface area contributed by atoms with Crippen molar-refractivity contribution >= 4 is 46.9 Å². The quantitative estimate of drug-likeness (QED) is 0.559. The summed E-state index contributed by atoms with van der Waals surface area (Å²) in [5, 5.41) is 6.42. The van der Waals surface area contributed by atoms with E-state index in [0.29, 0.717) is 27.7 Å². The van der Waals surface area contributed by atoms with E-state index in [1.807, 2.05) is 54.6 Å². The van der Waals surface area contributed by atoms with Gasteiger partial charge in [-0.1, -0.05) is 65.8 Å². The summed E-state index contributed by atoms with van der Waals surface area (Å²) in [6.07, 6.45) is 1.86. The van der Waals surface area contributed by atoms with Gasteiger partial charge in [0, 0.05) is 22.0 Å². The van der Waals surface area contributed by atoms with E-state index in [1.165, 1.54) is 11.8 Å². The summed E-state index contributed by atoms with van der Waals surface area (Å²) in [5.41, 5.74) is 3.06. The first kappa shape index (κ1) is 19.3. The lowest BCUT2D eigenvalue weighted by Crippen LogP contribution is -2.23. The number of amides is 2. The highest BCUT2D eigenvalue weighted by atomic mass is 35.5. The molecule has 0 unspecified atom stereocenters. The van der Waals surface area contributed by atoms with Crippen molar-refractivity contribution in [2.45, 2.75) is 11.4 Å². The standard InChI is InChI=1S/C23H17ClN2O2S/c24-18-9-6-16(7-10-18)14-25-22(27)17-8-11-20-19(13-17)26-23(28)21(29-20)12-15-4-2-1-3-5-15/h1-13H,14H2,(H,25,27)(H,26,28)/b21-12-. The molecule has 3 aromatic carbocycles. The van der Waals surface area contributed by atoms with Crippen LogP contribution in [0.15, 0.2) is 82.6 Å². The molecule has 0 aliphatic carbocycles. The molecule has 0 bridgehead atoms. The molecule has 1 heterocycles. The van der Waals surface area contributed by atoms with E-state index in [9.17, 15) is 9.59 Å². The van der Waals surface area contributed by atoms with Crippen molar-refractivity contribution in [2.75, 3.05) is 5.32 Å². The van der Waals surface area contributed by atoms with Crippen molar-refractivity contribution < 1.29 is 9.59 Å². The molecule has 6 heteroatoms. The second kappa shape index (κ2) is 8.55. The molecule has 0 saturated heterocycles. The van der Waals surface area contributed by atoms with Gasteiger partial charge in [0.2, 0.25) is 0 Å². The highest BCUT2D eigenvalue weighted by Crippen LogP contribution is 2.39. The van der Waals surface area contributed by atoms with E-state index in [2.05, 4.69) is 10.6 Å². The molecule has 0 atom stereocenters. The number of fused-ring (bicyclic) bond motifs is 1. The van der Waals surface area contributed by atoms with E-state index >= 15 is 0 Å². The van der Waals surface area contributed by atoms with Gasteiger partial charge in [0.25, 0.3) is 11.8 Å². The highest BCUT2D eigenvalue weighted by molar-refractivity contribution is 8.04. The van der Waals surface area contributed by atoms with Crippen LogP contribution < -0.4 is 10.6 Å². The van der Waals surface area contributed by atoms with Crippen LogP contribution in [0.2, 0.25) is 5.02 Å². The summed E-state index contributed by atoms with van der Waals surface area (Å²) in [4.78, 5) is 26.5. The molecular weight excluding hydrogens is 404 g/mol. The fourth-order valence-electron chi connectivity index (χ4n) is 2.89. The van der Waals surface area contributed by atoms with Crippen LogP contribution in [-0.2, 0) is 11.3 Å². The van der Waals surface area contributed by atoms with Crippen molar-refractivity contribution in [1.29, 1.82) is 0 Å². The fourth-order valence-corrected chi connectivity index (χ4v) is 3.95. The summed E-state index contributed by atoms with van der Waals surface area (Å²) in [5.74, 6) is -0.377. The van der Waals surface area contributed by atoms with Crippen LogP contribution in [0.5, 0.6) is 0 Å². The number of halogens is 1. The Morgan fingerprint density at radius 2 is 1.79 bits per heavy atom. The number of carbonyl (C=O) groups is 2. The van der Waals surface area contributed by atoms with Gasteiger partial charge in [-0.2, -0.15) is 0 Å². The van der Waals surface area contributed by atoms with Crippen LogP contribution in [0.4, 0.5) is 5.69 Å². The molecule has 1 aliphatic heterocycles. The van der Waals surface area contributed by atoms with E-state index in [0.717, 1.165) is 16.0 Å². The molecule has 0 fully saturated rings. The maximum absolute atomic E-state index is 12.5. The minimum atomic E-state index is -0.201. The lowest BCUT2D eigenvalue weighted by atomic mass is 10.1. The Bertz CT molecular complexity index is 1100. The molecule has 0 radical (unpaired) electrons. The third kappa shape index (κ3) is 4.70. The molecule has 2 amide bonds. The molecule has 1 aliphatic rings. The third-order valence-electron chi connectivity index (χ3n) is 4.40. The molecule has 3 aromatic rings. The number of hydrogen-bond donors (Lipinski definition) is 2. The molecular formula is C23H17ClN2O2S. The number of thioether (sulfide) groups is 1. The molecule has 0 aromatic heterocycles. The summed E-state index contributed by atoms with van der Waals surface area (Å²) in [6, 6.07) is 22.3. The van der Waals surface area contributed by atoms with Crippen LogP contribution in [0, 0.1) is 0 Å². The summed E-state index contributed by atoms with van der Waals surface area (Å²) >= 11 is 7.27. The van der Waals surface area contributed by atoms with Gasteiger partial charge in [0.1, 0.15) is 0 Å². The Balaban J connectivity index is 1.47. The molecule has 2 N–H and O–H groups in total. The Kier molecular flexibility index (Phi) is 5.69. The van der Waals surface area contributed by atoms with Crippen LogP contribution in [0.25, 0.3) is 6.08 Å². The Hall–Kier alpha value is -3.02. The smallest absolute Gasteiger partial charge is 0.262 e. The summed E-state index contributed by atoms with van der Waals surface area (Å²) in [7, 11) is 0. The second-order valence-electron chi connectivity index (χ2n) is 6.50. The van der Waals surface area contributed by atoms with Crippen LogP contribution >= 0.6 is 23.4 Å². The molecule has 4 rings (SSSR count). The van der Waals surface area contributed by atoms with E-state index < -0.39 is 0 Å². The lowest BCUT2D eigenvalue weighted by Gasteiger charge is -2.19. The number of anilines is 1. The van der Waals surface area contributed by atoms with Gasteiger partial charge in [0.15, 0.2) is 0 Å². The first-order valence-corrected chi connectivity index (χ1v) is 10.2. The van der Waals surface area contributed by atoms with Crippen molar-refractivity contribution in [2.24, 2.45) is 0 Å². The summed E-state index contributed by atoms with van der Waals surface area (Å²) < 4.78 is 0. The number of nitrogens with one attached hydrogen (secondary N) is 2. The van der Waals surface area contributed by atoms with Crippen molar-refractivity contribution in [3.63, 3.8) is 0 Å². The SMILES string of the molecule is O=C1Nc2cc(C(=O)NCc3ccc(Cl)cc3)ccc2S/C1=C\c1ccccc1. The van der Waals surface area contributed by atoms with Gasteiger partial charge in [-0.15, -0.1) is 0 Å². The minimum absolute atomic E-state index is 0.176. The molecule has 0 spiro atoms. The van der Waals surface area contributed by atoms with Crippen LogP contribution in [0.1, 0.15) is 21.5 Å². The molecule has 4 nitrogen and oxygen atoms in total. The maximum atomic E-state index is 12.5. The Morgan fingerprint density at radius 3 is 2.55 bits per heavy atom. The zero-order valence-electron chi connectivity index (χ0n) is 15.3. The van der Waals surface area contributed by atoms with Crippen molar-refractivity contribution in [3.05, 3.63) is 99.4 Å². The largest absolute Gasteiger partial charge is 0.348 e. The van der Waals surface area contributed by atoms with Crippen LogP contribution in [-0.4, -0.2) is 11.8 Å². The number of rotatable bonds is 4. The first-order valence-electron chi connectivity index (χ1n) is 9.01. The average Bonchev–Trinajstić information content (AvgIpc) is 2.74. The van der Waals surface area contributed by atoms with Gasteiger partial charge < -0.3 is 10.6 Å². The molecule has 144 valence electrons. The van der Waals surface area contributed by atoms with E-state index in [-0.39, 0.29) is 11.8 Å². The number of hydrogen-bond acceptors (Lipinski definition) is 3. The Morgan fingerprint density at radius 1 is 1.03 bits per heavy atom. The predicted molar refractivity (Wildman–Crippen MR) is 118 cm³/mol. The average molecular weight is 421 g/mol. The zero-order valence-corrected chi connectivity index (χ0v) is 16.9. The van der Waals surface area contributed by atoms with Gasteiger partial charge in [0.05, 0.1) is 10.6 Å². The van der Waals surface area contributed by atoms with E-state index in [4.69, 9.17) is 11.6 Å². The second-order valence-corrected chi connectivity index (χ2v) is 8.02. The number of carbonyl (C=O) groups excluding carboxylic acids is 2. The van der Waals surface area contributed by atoms with Gasteiger partial charge in [-0.25, -0.2) is 0 Å². The number of benzene rings is 3.